The van der Waals surface area contributed by atoms with E-state index in [-0.39, 0.29) is 5.78 Å². The summed E-state index contributed by atoms with van der Waals surface area (Å²) in [6.07, 6.45) is 0. The van der Waals surface area contributed by atoms with Crippen LogP contribution in [0, 0.1) is 3.57 Å². The van der Waals surface area contributed by atoms with Gasteiger partial charge in [0.05, 0.1) is 10.0 Å². The van der Waals surface area contributed by atoms with E-state index in [2.05, 4.69) is 22.6 Å². The molecule has 17 heavy (non-hydrogen) atoms. The maximum absolute atomic E-state index is 12.2. The van der Waals surface area contributed by atoms with Gasteiger partial charge in [-0.3, -0.25) is 4.79 Å². The molecule has 0 spiro atoms. The van der Waals surface area contributed by atoms with Crippen LogP contribution < -0.4 is 0 Å². The SMILES string of the molecule is O=C(c1ccc(I)cc1)c1cccc(Cl)c1Cl. The monoisotopic (exact) mass is 376 g/mol. The maximum Gasteiger partial charge on any atom is 0.194 e. The zero-order chi connectivity index (χ0) is 12.4. The molecule has 1 nitrogen and oxygen atoms in total. The first kappa shape index (κ1) is 12.9. The van der Waals surface area contributed by atoms with Crippen LogP contribution in [0.4, 0.5) is 0 Å². The first-order valence-electron chi connectivity index (χ1n) is 4.84. The zero-order valence-corrected chi connectivity index (χ0v) is 12.3. The fraction of sp³-hybridized carbons (Fsp3) is 0. The van der Waals surface area contributed by atoms with Crippen molar-refractivity contribution >= 4 is 51.6 Å². The number of hydrogen-bond donors (Lipinski definition) is 0. The predicted octanol–water partition coefficient (Wildman–Crippen LogP) is 4.83. The van der Waals surface area contributed by atoms with Crippen molar-refractivity contribution in [1.29, 1.82) is 0 Å². The number of rotatable bonds is 2. The molecule has 0 N–H and O–H groups in total. The van der Waals surface area contributed by atoms with Gasteiger partial charge >= 0.3 is 0 Å². The highest BCUT2D eigenvalue weighted by Gasteiger charge is 2.14. The molecule has 4 heteroatoms. The van der Waals surface area contributed by atoms with Gasteiger partial charge < -0.3 is 0 Å². The molecule has 0 aliphatic heterocycles. The Morgan fingerprint density at radius 1 is 1.00 bits per heavy atom. The van der Waals surface area contributed by atoms with Crippen LogP contribution in [0.2, 0.25) is 10.0 Å². The number of carbonyl (C=O) groups is 1. The van der Waals surface area contributed by atoms with Gasteiger partial charge in [-0.2, -0.15) is 0 Å². The molecule has 0 amide bonds. The van der Waals surface area contributed by atoms with E-state index in [9.17, 15) is 4.79 Å². The summed E-state index contributed by atoms with van der Waals surface area (Å²) in [5, 5.41) is 0.695. The fourth-order valence-corrected chi connectivity index (χ4v) is 2.18. The predicted molar refractivity (Wildman–Crippen MR) is 79.1 cm³/mol. The molecule has 0 unspecified atom stereocenters. The molecule has 2 aromatic carbocycles. The largest absolute Gasteiger partial charge is 0.289 e. The summed E-state index contributed by atoms with van der Waals surface area (Å²) in [5.74, 6) is -0.117. The average Bonchev–Trinajstić information content (AvgIpc) is 2.33. The van der Waals surface area contributed by atoms with Crippen molar-refractivity contribution in [3.63, 3.8) is 0 Å². The Morgan fingerprint density at radius 2 is 1.65 bits per heavy atom. The lowest BCUT2D eigenvalue weighted by Crippen LogP contribution is -2.02. The summed E-state index contributed by atoms with van der Waals surface area (Å²) in [6, 6.07) is 12.4. The van der Waals surface area contributed by atoms with E-state index in [1.54, 1.807) is 30.3 Å². The number of hydrogen-bond acceptors (Lipinski definition) is 1. The fourth-order valence-electron chi connectivity index (χ4n) is 1.44. The Morgan fingerprint density at radius 3 is 2.29 bits per heavy atom. The number of halogens is 3. The highest BCUT2D eigenvalue weighted by Crippen LogP contribution is 2.27. The Balaban J connectivity index is 2.44. The van der Waals surface area contributed by atoms with Crippen LogP contribution in [0.15, 0.2) is 42.5 Å². The average molecular weight is 377 g/mol. The molecule has 0 aliphatic carbocycles. The third-order valence-corrected chi connectivity index (χ3v) is 3.84. The third-order valence-electron chi connectivity index (χ3n) is 2.30. The van der Waals surface area contributed by atoms with Gasteiger partial charge in [0.15, 0.2) is 5.78 Å². The Kier molecular flexibility index (Phi) is 4.07. The second-order valence-corrected chi connectivity index (χ2v) is 5.47. The van der Waals surface area contributed by atoms with Gasteiger partial charge in [-0.25, -0.2) is 0 Å². The highest BCUT2D eigenvalue weighted by atomic mass is 127. The van der Waals surface area contributed by atoms with Crippen molar-refractivity contribution < 1.29 is 4.79 Å². The van der Waals surface area contributed by atoms with Crippen LogP contribution in [0.1, 0.15) is 15.9 Å². The summed E-state index contributed by atoms with van der Waals surface area (Å²) >= 11 is 14.1. The molecule has 0 heterocycles. The highest BCUT2D eigenvalue weighted by molar-refractivity contribution is 14.1. The summed E-state index contributed by atoms with van der Waals surface area (Å²) < 4.78 is 1.08. The number of benzene rings is 2. The lowest BCUT2D eigenvalue weighted by Gasteiger charge is -2.05. The van der Waals surface area contributed by atoms with E-state index in [1.807, 2.05) is 12.1 Å². The van der Waals surface area contributed by atoms with Crippen LogP contribution in [-0.2, 0) is 0 Å². The normalized spacial score (nSPS) is 10.3. The molecule has 0 radical (unpaired) electrons. The third kappa shape index (κ3) is 2.81. The van der Waals surface area contributed by atoms with Crippen molar-refractivity contribution in [3.05, 3.63) is 67.2 Å². The molecule has 0 saturated carbocycles. The second-order valence-electron chi connectivity index (χ2n) is 3.44. The van der Waals surface area contributed by atoms with Crippen molar-refractivity contribution in [1.82, 2.24) is 0 Å². The topological polar surface area (TPSA) is 17.1 Å². The van der Waals surface area contributed by atoms with Crippen LogP contribution in [0.3, 0.4) is 0 Å². The summed E-state index contributed by atoms with van der Waals surface area (Å²) in [6.45, 7) is 0. The smallest absolute Gasteiger partial charge is 0.194 e. The van der Waals surface area contributed by atoms with E-state index < -0.39 is 0 Å². The Bertz CT molecular complexity index is 564. The molecule has 0 atom stereocenters. The van der Waals surface area contributed by atoms with Crippen LogP contribution >= 0.6 is 45.8 Å². The van der Waals surface area contributed by atoms with Gasteiger partial charge in [0.2, 0.25) is 0 Å². The minimum Gasteiger partial charge on any atom is -0.289 e. The maximum atomic E-state index is 12.2. The lowest BCUT2D eigenvalue weighted by molar-refractivity contribution is 0.103. The lowest BCUT2D eigenvalue weighted by atomic mass is 10.0. The number of ketones is 1. The molecular weight excluding hydrogens is 370 g/mol. The molecule has 0 fully saturated rings. The van der Waals surface area contributed by atoms with Crippen molar-refractivity contribution in [2.75, 3.05) is 0 Å². The second kappa shape index (κ2) is 5.38. The molecule has 0 aromatic heterocycles. The molecule has 0 aliphatic rings. The molecule has 0 bridgehead atoms. The quantitative estimate of drug-likeness (QED) is 0.542. The van der Waals surface area contributed by atoms with E-state index >= 15 is 0 Å². The van der Waals surface area contributed by atoms with E-state index in [1.165, 1.54) is 0 Å². The minimum absolute atomic E-state index is 0.117. The van der Waals surface area contributed by atoms with Gasteiger partial charge in [0, 0.05) is 14.7 Å². The van der Waals surface area contributed by atoms with E-state index in [4.69, 9.17) is 23.2 Å². The Hall–Kier alpha value is -0.580. The number of carbonyl (C=O) groups excluding carboxylic acids is 1. The minimum atomic E-state index is -0.117. The standard InChI is InChI=1S/C13H7Cl2IO/c14-11-3-1-2-10(12(11)15)13(17)8-4-6-9(16)7-5-8/h1-7H. The molecule has 2 aromatic rings. The van der Waals surface area contributed by atoms with Crippen molar-refractivity contribution in [2.24, 2.45) is 0 Å². The molecule has 2 rings (SSSR count). The first-order valence-corrected chi connectivity index (χ1v) is 6.67. The van der Waals surface area contributed by atoms with Gasteiger partial charge in [0.1, 0.15) is 0 Å². The summed E-state index contributed by atoms with van der Waals surface area (Å²) in [7, 11) is 0. The van der Waals surface area contributed by atoms with Gasteiger partial charge in [-0.05, 0) is 59.0 Å². The molecule has 86 valence electrons. The van der Waals surface area contributed by atoms with Crippen molar-refractivity contribution in [3.8, 4) is 0 Å². The van der Waals surface area contributed by atoms with Gasteiger partial charge in [-0.15, -0.1) is 0 Å². The van der Waals surface area contributed by atoms with Gasteiger partial charge in [-0.1, -0.05) is 29.3 Å². The molecule has 0 saturated heterocycles. The van der Waals surface area contributed by atoms with Gasteiger partial charge in [0.25, 0.3) is 0 Å². The molecular formula is C13H7Cl2IO. The van der Waals surface area contributed by atoms with E-state index in [0.29, 0.717) is 21.2 Å². The van der Waals surface area contributed by atoms with Crippen LogP contribution in [-0.4, -0.2) is 5.78 Å². The van der Waals surface area contributed by atoms with E-state index in [0.717, 1.165) is 3.57 Å². The Labute approximate surface area is 123 Å². The zero-order valence-electron chi connectivity index (χ0n) is 8.58. The van der Waals surface area contributed by atoms with Crippen molar-refractivity contribution in [2.45, 2.75) is 0 Å². The summed E-state index contributed by atoms with van der Waals surface area (Å²) in [5.41, 5.74) is 1.04. The first-order chi connectivity index (χ1) is 8.09. The summed E-state index contributed by atoms with van der Waals surface area (Å²) in [4.78, 5) is 12.2. The van der Waals surface area contributed by atoms with Crippen LogP contribution in [0.5, 0.6) is 0 Å². The van der Waals surface area contributed by atoms with Crippen LogP contribution in [0.25, 0.3) is 0 Å².